The Labute approximate surface area is 347 Å². The number of benzene rings is 2. The van der Waals surface area contributed by atoms with Crippen LogP contribution in [0.25, 0.3) is 11.3 Å². The first-order valence-corrected chi connectivity index (χ1v) is 22.1. The molecule has 2 unspecified atom stereocenters. The number of carbonyl (C=O) groups excluding carboxylic acids is 1. The molecule has 5 aromatic rings. The minimum atomic E-state index is -0.273. The monoisotopic (exact) mass is 804 g/mol. The van der Waals surface area contributed by atoms with Crippen LogP contribution in [0.15, 0.2) is 72.9 Å². The van der Waals surface area contributed by atoms with Gasteiger partial charge >= 0.3 is 6.03 Å². The van der Waals surface area contributed by atoms with Crippen molar-refractivity contribution >= 4 is 33.9 Å². The first-order chi connectivity index (χ1) is 27.6. The van der Waals surface area contributed by atoms with Gasteiger partial charge < -0.3 is 19.4 Å². The second kappa shape index (κ2) is 16.5. The Morgan fingerprint density at radius 1 is 0.931 bits per heavy atom. The van der Waals surface area contributed by atoms with E-state index in [-0.39, 0.29) is 29.1 Å². The van der Waals surface area contributed by atoms with E-state index in [1.54, 1.807) is 0 Å². The standard InChI is InChI=1S/C46H64N8O3Si/c1-28(2)42-32(27-56-58)23-24-53(46(42,29(3)4)30(5)6)44-50-49-40-22-19-34(26-52(40)44)57-38-21-20-37(35-13-11-12-14-36(35)38)47-43(55)48-41-25-39(45(8,9)10)51-54(41)33-17-15-31(7)16-18-33/h11-19,22,25-26,28-30,32,37-38,42H,20-21,23-24,27H2,1-10,58H3,(H2,47,48,55)/t32?,37-,38+,42?/m0/s1. The first kappa shape index (κ1) is 41.5. The molecule has 11 nitrogen and oxygen atoms in total. The summed E-state index contributed by atoms with van der Waals surface area (Å²) in [6, 6.07) is 22.0. The fourth-order valence-corrected chi connectivity index (χ4v) is 10.8. The Morgan fingerprint density at radius 3 is 2.29 bits per heavy atom. The third-order valence-electron chi connectivity index (χ3n) is 12.8. The van der Waals surface area contributed by atoms with E-state index >= 15 is 0 Å². The summed E-state index contributed by atoms with van der Waals surface area (Å²) in [5.74, 6) is 4.42. The summed E-state index contributed by atoms with van der Waals surface area (Å²) >= 11 is 0. The second-order valence-electron chi connectivity index (χ2n) is 18.6. The highest BCUT2D eigenvalue weighted by molar-refractivity contribution is 5.97. The Hall–Kier alpha value is -4.68. The summed E-state index contributed by atoms with van der Waals surface area (Å²) in [6.45, 7) is 24.4. The van der Waals surface area contributed by atoms with Gasteiger partial charge in [-0.1, -0.05) is 104 Å². The van der Waals surface area contributed by atoms with Crippen LogP contribution >= 0.6 is 0 Å². The predicted molar refractivity (Wildman–Crippen MR) is 236 cm³/mol. The molecule has 310 valence electrons. The van der Waals surface area contributed by atoms with Crippen molar-refractivity contribution in [3.8, 4) is 11.4 Å². The number of hydrogen-bond acceptors (Lipinski definition) is 7. The van der Waals surface area contributed by atoms with Crippen molar-refractivity contribution < 1.29 is 14.0 Å². The first-order valence-electron chi connectivity index (χ1n) is 21.2. The van der Waals surface area contributed by atoms with E-state index in [0.717, 1.165) is 88.3 Å². The van der Waals surface area contributed by atoms with E-state index in [0.29, 0.717) is 35.4 Å². The van der Waals surface area contributed by atoms with Gasteiger partial charge in [0.25, 0.3) is 0 Å². The number of amides is 2. The van der Waals surface area contributed by atoms with E-state index in [1.807, 2.05) is 47.1 Å². The number of anilines is 2. The lowest BCUT2D eigenvalue weighted by Crippen LogP contribution is -2.68. The van der Waals surface area contributed by atoms with Crippen molar-refractivity contribution in [2.75, 3.05) is 23.4 Å². The van der Waals surface area contributed by atoms with Gasteiger partial charge in [-0.2, -0.15) is 5.10 Å². The smallest absolute Gasteiger partial charge is 0.320 e. The molecular weight excluding hydrogens is 741 g/mol. The quantitative estimate of drug-likeness (QED) is 0.129. The molecule has 1 aliphatic heterocycles. The van der Waals surface area contributed by atoms with Crippen molar-refractivity contribution in [1.29, 1.82) is 0 Å². The zero-order chi connectivity index (χ0) is 41.5. The highest BCUT2D eigenvalue weighted by Gasteiger charge is 2.56. The zero-order valence-electron chi connectivity index (χ0n) is 36.4. The minimum Gasteiger partial charge on any atom is -0.484 e. The van der Waals surface area contributed by atoms with E-state index in [9.17, 15) is 4.79 Å². The molecular formula is C46H64N8O3Si. The number of piperidine rings is 1. The molecule has 58 heavy (non-hydrogen) atoms. The highest BCUT2D eigenvalue weighted by Crippen LogP contribution is 2.51. The number of nitrogens with zero attached hydrogens (tertiary/aromatic N) is 6. The third-order valence-corrected chi connectivity index (χ3v) is 13.1. The largest absolute Gasteiger partial charge is 0.484 e. The lowest BCUT2D eigenvalue weighted by atomic mass is 9.57. The molecule has 0 saturated carbocycles. The van der Waals surface area contributed by atoms with Crippen LogP contribution in [0.2, 0.25) is 0 Å². The van der Waals surface area contributed by atoms with E-state index in [2.05, 4.69) is 125 Å². The van der Waals surface area contributed by atoms with Gasteiger partial charge in [-0.15, -0.1) is 10.2 Å². The van der Waals surface area contributed by atoms with Gasteiger partial charge in [-0.3, -0.25) is 9.72 Å². The van der Waals surface area contributed by atoms with Gasteiger partial charge in [-0.05, 0) is 91.2 Å². The van der Waals surface area contributed by atoms with Crippen LogP contribution in [-0.2, 0) is 9.84 Å². The highest BCUT2D eigenvalue weighted by atomic mass is 28.2. The molecule has 1 aliphatic carbocycles. The molecule has 0 spiro atoms. The number of rotatable bonds is 11. The van der Waals surface area contributed by atoms with Crippen LogP contribution in [0.3, 0.4) is 0 Å². The average Bonchev–Trinajstić information content (AvgIpc) is 3.80. The number of nitrogens with one attached hydrogen (secondary N) is 2. The number of ether oxygens (including phenoxy) is 1. The number of fused-ring (bicyclic) bond motifs is 2. The second-order valence-corrected chi connectivity index (χ2v) is 19.2. The van der Waals surface area contributed by atoms with Crippen LogP contribution < -0.4 is 20.3 Å². The Balaban J connectivity index is 1.13. The molecule has 0 radical (unpaired) electrons. The van der Waals surface area contributed by atoms with Gasteiger partial charge in [0.15, 0.2) is 5.65 Å². The molecule has 7 rings (SSSR count). The minimum absolute atomic E-state index is 0.136. The summed E-state index contributed by atoms with van der Waals surface area (Å²) in [5, 5.41) is 20.9. The van der Waals surface area contributed by atoms with Crippen molar-refractivity contribution in [1.82, 2.24) is 29.7 Å². The Morgan fingerprint density at radius 2 is 1.64 bits per heavy atom. The van der Waals surface area contributed by atoms with Gasteiger partial charge in [-0.25, -0.2) is 9.48 Å². The topological polar surface area (TPSA) is 111 Å². The lowest BCUT2D eigenvalue weighted by Gasteiger charge is -2.61. The number of carbonyl (C=O) groups is 1. The van der Waals surface area contributed by atoms with Crippen LogP contribution in [0.1, 0.15) is 116 Å². The summed E-state index contributed by atoms with van der Waals surface area (Å²) in [7, 11) is 0.751. The maximum absolute atomic E-state index is 13.7. The fourth-order valence-electron chi connectivity index (χ4n) is 10.4. The Kier molecular flexibility index (Phi) is 11.8. The van der Waals surface area contributed by atoms with Crippen molar-refractivity contribution in [2.24, 2.45) is 29.6 Å². The zero-order valence-corrected chi connectivity index (χ0v) is 38.4. The summed E-state index contributed by atoms with van der Waals surface area (Å²) < 4.78 is 16.8. The van der Waals surface area contributed by atoms with E-state index in [1.165, 1.54) is 0 Å². The van der Waals surface area contributed by atoms with Crippen LogP contribution in [0.5, 0.6) is 5.75 Å². The van der Waals surface area contributed by atoms with Crippen LogP contribution in [0.4, 0.5) is 16.6 Å². The van der Waals surface area contributed by atoms with Crippen molar-refractivity contribution in [3.05, 3.63) is 95.3 Å². The maximum atomic E-state index is 13.7. The predicted octanol–water partition coefficient (Wildman–Crippen LogP) is 8.74. The van der Waals surface area contributed by atoms with E-state index < -0.39 is 0 Å². The van der Waals surface area contributed by atoms with Gasteiger partial charge in [0.1, 0.15) is 28.2 Å². The summed E-state index contributed by atoms with van der Waals surface area (Å²) in [5.41, 5.74) is 5.56. The maximum Gasteiger partial charge on any atom is 0.320 e. The number of pyridine rings is 1. The molecule has 2 N–H and O–H groups in total. The summed E-state index contributed by atoms with van der Waals surface area (Å²) in [4.78, 5) is 16.3. The van der Waals surface area contributed by atoms with Gasteiger partial charge in [0.2, 0.25) is 5.95 Å². The van der Waals surface area contributed by atoms with Crippen LogP contribution in [0, 0.1) is 36.5 Å². The average molecular weight is 805 g/mol. The molecule has 2 amide bonds. The van der Waals surface area contributed by atoms with Gasteiger partial charge in [0, 0.05) is 24.6 Å². The molecule has 3 aromatic heterocycles. The summed E-state index contributed by atoms with van der Waals surface area (Å²) in [6.07, 6.45) is 4.39. The molecule has 1 fully saturated rings. The third kappa shape index (κ3) is 7.77. The fraction of sp³-hybridized carbons (Fsp3) is 0.522. The number of aryl methyl sites for hydroxylation is 1. The molecule has 2 aromatic carbocycles. The van der Waals surface area contributed by atoms with Crippen LogP contribution in [-0.4, -0.2) is 59.6 Å². The molecule has 0 bridgehead atoms. The molecule has 4 atom stereocenters. The number of hydrogen-bond donors (Lipinski definition) is 2. The lowest BCUT2D eigenvalue weighted by molar-refractivity contribution is -0.00161. The van der Waals surface area contributed by atoms with Crippen molar-refractivity contribution in [3.63, 3.8) is 0 Å². The molecule has 12 heteroatoms. The van der Waals surface area contributed by atoms with Crippen molar-refractivity contribution in [2.45, 2.75) is 112 Å². The van der Waals surface area contributed by atoms with Gasteiger partial charge in [0.05, 0.1) is 29.2 Å². The molecule has 2 aliphatic rings. The van der Waals surface area contributed by atoms with E-state index in [4.69, 9.17) is 19.4 Å². The SMILES string of the molecule is Cc1ccc(-n2nc(C(C)(C)C)cc2NC(=O)N[C@H]2CC[C@@H](Oc3ccc4nnc(N5CCC(CO[SiH3])C(C(C)C)C5(C(C)C)C(C)C)n4c3)c3ccccc32)cc1. The number of urea groups is 1. The molecule has 4 heterocycles. The Bertz CT molecular complexity index is 2200. The normalized spacial score (nSPS) is 20.9. The molecule has 1 saturated heterocycles. The number of aromatic nitrogens is 5.